The zero-order chi connectivity index (χ0) is 28.6. The first-order chi connectivity index (χ1) is 19.1. The largest absolute Gasteiger partial charge is 1.00 e. The number of nitrogens with zero attached hydrogens (tertiary/aromatic N) is 5. The van der Waals surface area contributed by atoms with Crippen molar-refractivity contribution in [3.05, 3.63) is 34.9 Å². The van der Waals surface area contributed by atoms with Crippen LogP contribution in [0, 0.1) is 0 Å². The maximum atomic E-state index is 13.9. The van der Waals surface area contributed by atoms with Crippen molar-refractivity contribution in [1.29, 1.82) is 0 Å². The number of methoxy groups -OCH3 is 1. The average Bonchev–Trinajstić information content (AvgIpc) is 3.75. The summed E-state index contributed by atoms with van der Waals surface area (Å²) in [6.07, 6.45) is 4.10. The maximum Gasteiger partial charge on any atom is 0.355 e. The number of anilines is 2. The number of nitrogens with two attached hydrogens (primary N) is 1. The Hall–Kier alpha value is -3.11. The van der Waals surface area contributed by atoms with Crippen LogP contribution in [-0.2, 0) is 16.7 Å². The number of nitrogen functional groups attached to an aromatic ring is 1. The summed E-state index contributed by atoms with van der Waals surface area (Å²) >= 11 is 0. The zero-order valence-electron chi connectivity index (χ0n) is 25.1. The van der Waals surface area contributed by atoms with E-state index in [1.54, 1.807) is 16.3 Å². The lowest BCUT2D eigenvalue weighted by Gasteiger charge is -2.33. The van der Waals surface area contributed by atoms with Crippen molar-refractivity contribution in [2.24, 2.45) is 0 Å². The SMILES string of the molecule is CCC(CC)Oc1nn2c(N)n[n+](CC(=O)c3cc(N4CCOCC4)c(OC)c(C(C)(C)C)c3)c2cc1C1CC1.[Cl-]. The smallest absolute Gasteiger partial charge is 0.355 e. The van der Waals surface area contributed by atoms with Gasteiger partial charge in [0.25, 0.3) is 5.88 Å². The summed E-state index contributed by atoms with van der Waals surface area (Å²) in [5.74, 6) is 2.00. The monoisotopic (exact) mass is 586 g/mol. The van der Waals surface area contributed by atoms with E-state index < -0.39 is 0 Å². The van der Waals surface area contributed by atoms with Crippen LogP contribution in [0.2, 0.25) is 0 Å². The molecule has 1 saturated carbocycles. The van der Waals surface area contributed by atoms with E-state index in [2.05, 4.69) is 44.6 Å². The second-order valence-corrected chi connectivity index (χ2v) is 11.9. The van der Waals surface area contributed by atoms with Crippen LogP contribution in [0.3, 0.4) is 0 Å². The molecule has 2 aromatic heterocycles. The number of carbonyl (C=O) groups excluding carboxylic acids is 1. The van der Waals surface area contributed by atoms with Gasteiger partial charge in [-0.15, -0.1) is 4.68 Å². The molecule has 2 fully saturated rings. The summed E-state index contributed by atoms with van der Waals surface area (Å²) in [6, 6.07) is 5.95. The Morgan fingerprint density at radius 2 is 1.85 bits per heavy atom. The van der Waals surface area contributed by atoms with Crippen molar-refractivity contribution < 1.29 is 36.1 Å². The molecule has 1 aliphatic carbocycles. The molecule has 5 rings (SSSR count). The van der Waals surface area contributed by atoms with E-state index in [-0.39, 0.29) is 42.2 Å². The van der Waals surface area contributed by atoms with Crippen LogP contribution in [-0.4, -0.2) is 60.0 Å². The number of aromatic nitrogens is 4. The van der Waals surface area contributed by atoms with Crippen LogP contribution in [0.4, 0.5) is 11.6 Å². The van der Waals surface area contributed by atoms with E-state index in [1.807, 2.05) is 18.2 Å². The van der Waals surface area contributed by atoms with E-state index in [1.165, 1.54) is 0 Å². The van der Waals surface area contributed by atoms with Crippen LogP contribution >= 0.6 is 0 Å². The molecule has 0 atom stereocenters. The summed E-state index contributed by atoms with van der Waals surface area (Å²) in [6.45, 7) is 13.4. The third kappa shape index (κ3) is 6.38. The highest BCUT2D eigenvalue weighted by Gasteiger charge is 2.34. The number of rotatable bonds is 10. The number of morpholine rings is 1. The Morgan fingerprint density at radius 1 is 1.17 bits per heavy atom. The Kier molecular flexibility index (Phi) is 9.33. The predicted molar refractivity (Wildman–Crippen MR) is 154 cm³/mol. The normalized spacial score (nSPS) is 15.7. The molecular weight excluding hydrogens is 544 g/mol. The minimum absolute atomic E-state index is 0. The van der Waals surface area contributed by atoms with Crippen LogP contribution in [0.15, 0.2) is 18.2 Å². The molecule has 11 heteroatoms. The van der Waals surface area contributed by atoms with Gasteiger partial charge in [0, 0.05) is 35.8 Å². The number of hydrogen-bond donors (Lipinski definition) is 1. The van der Waals surface area contributed by atoms with Crippen molar-refractivity contribution >= 4 is 23.1 Å². The molecule has 10 nitrogen and oxygen atoms in total. The fraction of sp³-hybridized carbons (Fsp3) is 0.600. The van der Waals surface area contributed by atoms with Gasteiger partial charge in [-0.25, -0.2) is 0 Å². The summed E-state index contributed by atoms with van der Waals surface area (Å²) < 4.78 is 21.0. The minimum atomic E-state index is -0.227. The maximum absolute atomic E-state index is 13.9. The number of halogens is 1. The first-order valence-electron chi connectivity index (χ1n) is 14.5. The first kappa shape index (κ1) is 30.8. The molecule has 0 radical (unpaired) electrons. The number of ketones is 1. The molecule has 2 N–H and O–H groups in total. The number of fused-ring (bicyclic) bond motifs is 1. The molecule has 1 aromatic carbocycles. The lowest BCUT2D eigenvalue weighted by atomic mass is 9.84. The summed E-state index contributed by atoms with van der Waals surface area (Å²) in [7, 11) is 1.69. The second-order valence-electron chi connectivity index (χ2n) is 11.9. The molecular formula is C30H43ClN6O4. The number of ether oxygens (including phenoxy) is 3. The molecule has 1 saturated heterocycles. The van der Waals surface area contributed by atoms with Crippen LogP contribution in [0.25, 0.3) is 5.65 Å². The fourth-order valence-electron chi connectivity index (χ4n) is 5.35. The molecule has 3 heterocycles. The standard InChI is InChI=1S/C30H43N6O4.ClH/c1-7-21(8-2)40-28-22(19-9-10-19)17-26-35(33-29(31)36(26)32-28)18-25(37)20-15-23(30(3,4)5)27(38-6)24(16-20)34-11-13-39-14-12-34;/h15-17,19,21H,7-14,18H2,1-6H3,(H2,31,33);1H/q+1;/p-1. The fourth-order valence-corrected chi connectivity index (χ4v) is 5.35. The Morgan fingerprint density at radius 3 is 2.44 bits per heavy atom. The van der Waals surface area contributed by atoms with Gasteiger partial charge < -0.3 is 37.3 Å². The molecule has 41 heavy (non-hydrogen) atoms. The van der Waals surface area contributed by atoms with Crippen LogP contribution < -0.4 is 37.2 Å². The van der Waals surface area contributed by atoms with Crippen LogP contribution in [0.5, 0.6) is 11.6 Å². The highest BCUT2D eigenvalue weighted by atomic mass is 35.5. The second kappa shape index (κ2) is 12.4. The van der Waals surface area contributed by atoms with Gasteiger partial charge in [0.1, 0.15) is 11.9 Å². The average molecular weight is 587 g/mol. The summed E-state index contributed by atoms with van der Waals surface area (Å²) in [5.41, 5.74) is 10.3. The Labute approximate surface area is 248 Å². The zero-order valence-corrected chi connectivity index (χ0v) is 25.8. The molecule has 0 unspecified atom stereocenters. The van der Waals surface area contributed by atoms with Crippen molar-refractivity contribution in [3.8, 4) is 11.6 Å². The van der Waals surface area contributed by atoms with Gasteiger partial charge in [-0.05, 0) is 59.3 Å². The third-order valence-electron chi connectivity index (χ3n) is 7.90. The number of carbonyl (C=O) groups is 1. The van der Waals surface area contributed by atoms with Gasteiger partial charge in [-0.3, -0.25) is 4.79 Å². The van der Waals surface area contributed by atoms with Gasteiger partial charge in [-0.2, -0.15) is 0 Å². The molecule has 0 bridgehead atoms. The lowest BCUT2D eigenvalue weighted by Crippen LogP contribution is -3.00. The highest BCUT2D eigenvalue weighted by Crippen LogP contribution is 2.44. The summed E-state index contributed by atoms with van der Waals surface area (Å²) in [5, 5.41) is 9.28. The van der Waals surface area contributed by atoms with E-state index in [4.69, 9.17) is 25.0 Å². The highest BCUT2D eigenvalue weighted by molar-refractivity contribution is 5.97. The first-order valence-corrected chi connectivity index (χ1v) is 14.5. The quantitative estimate of drug-likeness (QED) is 0.278. The van der Waals surface area contributed by atoms with Crippen molar-refractivity contribution in [2.45, 2.75) is 84.3 Å². The van der Waals surface area contributed by atoms with Crippen molar-refractivity contribution in [3.63, 3.8) is 0 Å². The molecule has 0 amide bonds. The van der Waals surface area contributed by atoms with Crippen molar-refractivity contribution in [2.75, 3.05) is 44.0 Å². The number of Topliss-reactive ketones (excluding diaryl/α,β-unsaturated/α-hetero) is 1. The van der Waals surface area contributed by atoms with Gasteiger partial charge in [-0.1, -0.05) is 39.1 Å². The Balaban J connectivity index is 0.00000387. The topological polar surface area (TPSA) is 108 Å². The van der Waals surface area contributed by atoms with Gasteiger partial charge in [0.2, 0.25) is 5.78 Å². The molecule has 0 spiro atoms. The van der Waals surface area contributed by atoms with Crippen LogP contribution in [0.1, 0.15) is 87.7 Å². The lowest BCUT2D eigenvalue weighted by molar-refractivity contribution is -0.714. The molecule has 1 aliphatic heterocycles. The molecule has 2 aliphatic rings. The predicted octanol–water partition coefficient (Wildman–Crippen LogP) is 1.07. The molecule has 3 aromatic rings. The van der Waals surface area contributed by atoms with Gasteiger partial charge in [0.05, 0.1) is 26.0 Å². The minimum Gasteiger partial charge on any atom is -1.00 e. The third-order valence-corrected chi connectivity index (χ3v) is 7.90. The van der Waals surface area contributed by atoms with E-state index in [0.29, 0.717) is 36.2 Å². The van der Waals surface area contributed by atoms with E-state index >= 15 is 0 Å². The van der Waals surface area contributed by atoms with Crippen molar-refractivity contribution in [1.82, 2.24) is 14.7 Å². The number of benzene rings is 1. The van der Waals surface area contributed by atoms with Gasteiger partial charge >= 0.3 is 11.6 Å². The van der Waals surface area contributed by atoms with E-state index in [9.17, 15) is 4.79 Å². The molecule has 224 valence electrons. The summed E-state index contributed by atoms with van der Waals surface area (Å²) in [4.78, 5) is 16.1. The van der Waals surface area contributed by atoms with Gasteiger partial charge in [0.15, 0.2) is 6.54 Å². The van der Waals surface area contributed by atoms with E-state index in [0.717, 1.165) is 61.3 Å². The number of hydrogen-bond acceptors (Lipinski definition) is 8. The Bertz CT molecular complexity index is 1390.